The summed E-state index contributed by atoms with van der Waals surface area (Å²) in [6.07, 6.45) is 3.53. The Bertz CT molecular complexity index is 343. The van der Waals surface area contributed by atoms with Gasteiger partial charge in [0.1, 0.15) is 0 Å². The predicted octanol–water partition coefficient (Wildman–Crippen LogP) is 2.09. The fourth-order valence-electron chi connectivity index (χ4n) is 2.64. The number of hydrogen-bond donors (Lipinski definition) is 3. The van der Waals surface area contributed by atoms with E-state index in [9.17, 15) is 9.59 Å². The molecule has 0 aromatic heterocycles. The molecule has 0 aliphatic heterocycles. The zero-order valence-electron chi connectivity index (χ0n) is 14.9. The summed E-state index contributed by atoms with van der Waals surface area (Å²) in [6.45, 7) is 10.8. The van der Waals surface area contributed by atoms with Gasteiger partial charge in [0.2, 0.25) is 11.8 Å². The Morgan fingerprint density at radius 1 is 1.05 bits per heavy atom. The molecule has 0 unspecified atom stereocenters. The standard InChI is InChI=1S/C17H34N2O3/c1-6-8-13(3)15(21)19-12-17(4,5)14(9-7-2)16(22)18-10-11-20/h13-14,20H,6-12H2,1-5H3,(H,18,22)(H,19,21)/t13-,14-/m0/s1. The van der Waals surface area contributed by atoms with Crippen molar-refractivity contribution in [2.24, 2.45) is 17.3 Å². The second kappa shape index (κ2) is 10.6. The largest absolute Gasteiger partial charge is 0.395 e. The van der Waals surface area contributed by atoms with Gasteiger partial charge in [0.05, 0.1) is 6.61 Å². The topological polar surface area (TPSA) is 78.4 Å². The van der Waals surface area contributed by atoms with Gasteiger partial charge < -0.3 is 15.7 Å². The third kappa shape index (κ3) is 7.25. The molecule has 0 heterocycles. The second-order valence-electron chi connectivity index (χ2n) is 6.75. The van der Waals surface area contributed by atoms with E-state index in [2.05, 4.69) is 17.6 Å². The van der Waals surface area contributed by atoms with Gasteiger partial charge >= 0.3 is 0 Å². The maximum atomic E-state index is 12.3. The van der Waals surface area contributed by atoms with Crippen molar-refractivity contribution < 1.29 is 14.7 Å². The van der Waals surface area contributed by atoms with Crippen LogP contribution in [0.2, 0.25) is 0 Å². The third-order valence-electron chi connectivity index (χ3n) is 4.14. The quantitative estimate of drug-likeness (QED) is 0.546. The lowest BCUT2D eigenvalue weighted by Crippen LogP contribution is -2.46. The molecule has 0 aromatic rings. The Kier molecular flexibility index (Phi) is 10.1. The van der Waals surface area contributed by atoms with Crippen LogP contribution >= 0.6 is 0 Å². The molecule has 0 spiro atoms. The van der Waals surface area contributed by atoms with Crippen LogP contribution in [0.25, 0.3) is 0 Å². The highest BCUT2D eigenvalue weighted by Gasteiger charge is 2.34. The number of aliphatic hydroxyl groups excluding tert-OH is 1. The molecule has 0 bridgehead atoms. The van der Waals surface area contributed by atoms with Gasteiger partial charge in [-0.2, -0.15) is 0 Å². The number of hydrogen-bond acceptors (Lipinski definition) is 3. The van der Waals surface area contributed by atoms with Gasteiger partial charge in [0, 0.05) is 24.9 Å². The molecule has 0 aliphatic carbocycles. The van der Waals surface area contributed by atoms with Crippen molar-refractivity contribution in [2.75, 3.05) is 19.7 Å². The molecule has 130 valence electrons. The average molecular weight is 314 g/mol. The lowest BCUT2D eigenvalue weighted by atomic mass is 9.75. The van der Waals surface area contributed by atoms with Crippen LogP contribution in [0.1, 0.15) is 60.3 Å². The van der Waals surface area contributed by atoms with Crippen molar-refractivity contribution in [3.05, 3.63) is 0 Å². The van der Waals surface area contributed by atoms with Gasteiger partial charge in [-0.15, -0.1) is 0 Å². The Hall–Kier alpha value is -1.10. The smallest absolute Gasteiger partial charge is 0.223 e. The number of aliphatic hydroxyl groups is 1. The molecule has 2 atom stereocenters. The van der Waals surface area contributed by atoms with Crippen LogP contribution in [0.15, 0.2) is 0 Å². The lowest BCUT2D eigenvalue weighted by molar-refractivity contribution is -0.131. The van der Waals surface area contributed by atoms with E-state index in [-0.39, 0.29) is 42.2 Å². The first kappa shape index (κ1) is 20.9. The highest BCUT2D eigenvalue weighted by molar-refractivity contribution is 5.80. The number of nitrogens with one attached hydrogen (secondary N) is 2. The second-order valence-corrected chi connectivity index (χ2v) is 6.75. The molecule has 5 heteroatoms. The maximum absolute atomic E-state index is 12.3. The lowest BCUT2D eigenvalue weighted by Gasteiger charge is -2.34. The van der Waals surface area contributed by atoms with E-state index in [4.69, 9.17) is 5.11 Å². The van der Waals surface area contributed by atoms with Gasteiger partial charge in [0.25, 0.3) is 0 Å². The van der Waals surface area contributed by atoms with Gasteiger partial charge in [0.15, 0.2) is 0 Å². The summed E-state index contributed by atoms with van der Waals surface area (Å²) >= 11 is 0. The number of carbonyl (C=O) groups is 2. The Balaban J connectivity index is 4.68. The van der Waals surface area contributed by atoms with Crippen LogP contribution in [-0.4, -0.2) is 36.6 Å². The van der Waals surface area contributed by atoms with Crippen LogP contribution in [0.4, 0.5) is 0 Å². The highest BCUT2D eigenvalue weighted by atomic mass is 16.3. The average Bonchev–Trinajstić information content (AvgIpc) is 2.47. The van der Waals surface area contributed by atoms with Gasteiger partial charge in [-0.05, 0) is 18.3 Å². The van der Waals surface area contributed by atoms with E-state index >= 15 is 0 Å². The molecule has 22 heavy (non-hydrogen) atoms. The summed E-state index contributed by atoms with van der Waals surface area (Å²) in [7, 11) is 0. The zero-order valence-corrected chi connectivity index (χ0v) is 14.9. The highest BCUT2D eigenvalue weighted by Crippen LogP contribution is 2.30. The first-order valence-corrected chi connectivity index (χ1v) is 8.46. The number of rotatable bonds is 11. The number of carbonyl (C=O) groups excluding carboxylic acids is 2. The van der Waals surface area contributed by atoms with Gasteiger partial charge in [-0.3, -0.25) is 9.59 Å². The fraction of sp³-hybridized carbons (Fsp3) is 0.882. The van der Waals surface area contributed by atoms with E-state index < -0.39 is 0 Å². The van der Waals surface area contributed by atoms with Crippen LogP contribution in [0.3, 0.4) is 0 Å². The number of amides is 2. The van der Waals surface area contributed by atoms with E-state index in [0.717, 1.165) is 25.7 Å². The first-order chi connectivity index (χ1) is 10.3. The maximum Gasteiger partial charge on any atom is 0.223 e. The molecule has 0 aliphatic rings. The molecular formula is C17H34N2O3. The molecule has 3 N–H and O–H groups in total. The summed E-state index contributed by atoms with van der Waals surface area (Å²) in [5.41, 5.74) is -0.322. The Morgan fingerprint density at radius 3 is 2.14 bits per heavy atom. The summed E-state index contributed by atoms with van der Waals surface area (Å²) in [6, 6.07) is 0. The molecule has 2 amide bonds. The molecule has 0 saturated heterocycles. The molecule has 0 radical (unpaired) electrons. The molecule has 0 fully saturated rings. The Labute approximate surface area is 135 Å². The Morgan fingerprint density at radius 2 is 1.64 bits per heavy atom. The van der Waals surface area contributed by atoms with Crippen LogP contribution < -0.4 is 10.6 Å². The zero-order chi connectivity index (χ0) is 17.2. The molecule has 0 aromatic carbocycles. The summed E-state index contributed by atoms with van der Waals surface area (Å²) in [5, 5.41) is 14.6. The summed E-state index contributed by atoms with van der Waals surface area (Å²) < 4.78 is 0. The first-order valence-electron chi connectivity index (χ1n) is 8.46. The van der Waals surface area contributed by atoms with E-state index in [0.29, 0.717) is 6.54 Å². The van der Waals surface area contributed by atoms with Crippen molar-refractivity contribution >= 4 is 11.8 Å². The van der Waals surface area contributed by atoms with Crippen LogP contribution in [-0.2, 0) is 9.59 Å². The van der Waals surface area contributed by atoms with Crippen molar-refractivity contribution in [1.29, 1.82) is 0 Å². The minimum Gasteiger partial charge on any atom is -0.395 e. The van der Waals surface area contributed by atoms with Crippen LogP contribution in [0, 0.1) is 17.3 Å². The van der Waals surface area contributed by atoms with E-state index in [1.807, 2.05) is 27.7 Å². The molecule has 5 nitrogen and oxygen atoms in total. The minimum absolute atomic E-state index is 0.00800. The monoisotopic (exact) mass is 314 g/mol. The molecule has 0 saturated carbocycles. The fourth-order valence-corrected chi connectivity index (χ4v) is 2.64. The normalized spacial score (nSPS) is 14.3. The molecule has 0 rings (SSSR count). The van der Waals surface area contributed by atoms with Crippen molar-refractivity contribution in [3.63, 3.8) is 0 Å². The van der Waals surface area contributed by atoms with Crippen molar-refractivity contribution in [3.8, 4) is 0 Å². The van der Waals surface area contributed by atoms with E-state index in [1.54, 1.807) is 0 Å². The van der Waals surface area contributed by atoms with Crippen molar-refractivity contribution in [1.82, 2.24) is 10.6 Å². The van der Waals surface area contributed by atoms with Gasteiger partial charge in [-0.1, -0.05) is 47.5 Å². The predicted molar refractivity (Wildman–Crippen MR) is 89.4 cm³/mol. The van der Waals surface area contributed by atoms with Crippen LogP contribution in [0.5, 0.6) is 0 Å². The SMILES string of the molecule is CCC[C@H](C)C(=O)NCC(C)(C)[C@@H](CCC)C(=O)NCCO. The molecular weight excluding hydrogens is 280 g/mol. The van der Waals surface area contributed by atoms with Crippen molar-refractivity contribution in [2.45, 2.75) is 60.3 Å². The minimum atomic E-state index is -0.322. The summed E-state index contributed by atoms with van der Waals surface area (Å²) in [4.78, 5) is 24.3. The van der Waals surface area contributed by atoms with Gasteiger partial charge in [-0.25, -0.2) is 0 Å². The summed E-state index contributed by atoms with van der Waals surface area (Å²) in [5.74, 6) is -0.155. The van der Waals surface area contributed by atoms with E-state index in [1.165, 1.54) is 0 Å². The third-order valence-corrected chi connectivity index (χ3v) is 4.14.